The Bertz CT molecular complexity index is 610. The molecule has 1 aliphatic heterocycles. The van der Waals surface area contributed by atoms with E-state index in [1.54, 1.807) is 17.0 Å². The molecule has 1 amide bonds. The highest BCUT2D eigenvalue weighted by atomic mass is 32.2. The number of nitrogens with zero attached hydrogens (tertiary/aromatic N) is 2. The highest BCUT2D eigenvalue weighted by molar-refractivity contribution is 7.88. The zero-order chi connectivity index (χ0) is 14.8. The number of carbonyl (C=O) groups is 1. The molecule has 1 fully saturated rings. The van der Waals surface area contributed by atoms with Crippen LogP contribution in [0, 0.1) is 6.92 Å². The van der Waals surface area contributed by atoms with E-state index < -0.39 is 10.0 Å². The van der Waals surface area contributed by atoms with E-state index in [0.717, 1.165) is 5.76 Å². The summed E-state index contributed by atoms with van der Waals surface area (Å²) in [6, 6.07) is 3.62. The summed E-state index contributed by atoms with van der Waals surface area (Å²) in [5, 5.41) is 0. The average molecular weight is 298 g/mol. The van der Waals surface area contributed by atoms with Crippen molar-refractivity contribution in [3.05, 3.63) is 29.7 Å². The summed E-state index contributed by atoms with van der Waals surface area (Å²) < 4.78 is 29.5. The fourth-order valence-corrected chi connectivity index (χ4v) is 2.87. The lowest BCUT2D eigenvalue weighted by atomic mass is 10.3. The third-order valence-corrected chi connectivity index (χ3v) is 4.47. The number of hydrogen-bond donors (Lipinski definition) is 0. The summed E-state index contributed by atoms with van der Waals surface area (Å²) in [5.74, 6) is 1.29. The van der Waals surface area contributed by atoms with Crippen LogP contribution < -0.4 is 0 Å². The Morgan fingerprint density at radius 1 is 1.25 bits per heavy atom. The molecule has 0 radical (unpaired) electrons. The largest absolute Gasteiger partial charge is 0.462 e. The first-order chi connectivity index (χ1) is 9.36. The van der Waals surface area contributed by atoms with Gasteiger partial charge in [0.05, 0.1) is 6.26 Å². The van der Waals surface area contributed by atoms with Crippen LogP contribution in [0.25, 0.3) is 6.08 Å². The van der Waals surface area contributed by atoms with Gasteiger partial charge in [0, 0.05) is 32.3 Å². The number of amides is 1. The molecule has 1 aliphatic rings. The molecule has 1 saturated heterocycles. The second-order valence-corrected chi connectivity index (χ2v) is 6.75. The van der Waals surface area contributed by atoms with Gasteiger partial charge in [-0.3, -0.25) is 4.79 Å². The Morgan fingerprint density at radius 3 is 2.40 bits per heavy atom. The van der Waals surface area contributed by atoms with E-state index in [1.807, 2.05) is 13.0 Å². The van der Waals surface area contributed by atoms with Gasteiger partial charge in [0.25, 0.3) is 0 Å². The van der Waals surface area contributed by atoms with Crippen molar-refractivity contribution in [2.75, 3.05) is 32.4 Å². The molecule has 1 aromatic heterocycles. The molecule has 0 spiro atoms. The minimum Gasteiger partial charge on any atom is -0.462 e. The normalized spacial score (nSPS) is 17.8. The van der Waals surface area contributed by atoms with Gasteiger partial charge in [-0.05, 0) is 25.1 Å². The number of hydrogen-bond acceptors (Lipinski definition) is 4. The van der Waals surface area contributed by atoms with Crippen molar-refractivity contribution in [2.45, 2.75) is 6.92 Å². The van der Waals surface area contributed by atoms with Gasteiger partial charge < -0.3 is 9.32 Å². The fourth-order valence-electron chi connectivity index (χ4n) is 2.04. The monoisotopic (exact) mass is 298 g/mol. The predicted octanol–water partition coefficient (Wildman–Crippen LogP) is 0.705. The van der Waals surface area contributed by atoms with Crippen molar-refractivity contribution in [2.24, 2.45) is 0 Å². The first-order valence-corrected chi connectivity index (χ1v) is 8.19. The van der Waals surface area contributed by atoms with Gasteiger partial charge in [-0.2, -0.15) is 4.31 Å². The molecule has 0 bridgehead atoms. The van der Waals surface area contributed by atoms with E-state index >= 15 is 0 Å². The van der Waals surface area contributed by atoms with Gasteiger partial charge in [-0.15, -0.1) is 0 Å². The Morgan fingerprint density at radius 2 is 1.90 bits per heavy atom. The summed E-state index contributed by atoms with van der Waals surface area (Å²) in [6.45, 7) is 3.35. The number of furan rings is 1. The van der Waals surface area contributed by atoms with Gasteiger partial charge in [-0.25, -0.2) is 8.42 Å². The lowest BCUT2D eigenvalue weighted by molar-refractivity contribution is -0.127. The quantitative estimate of drug-likeness (QED) is 0.770. The molecule has 20 heavy (non-hydrogen) atoms. The van der Waals surface area contributed by atoms with E-state index in [2.05, 4.69) is 0 Å². The SMILES string of the molecule is Cc1ccc(/C=C/C(=O)N2CCN(S(C)(=O)=O)CC2)o1. The molecule has 0 saturated carbocycles. The average Bonchev–Trinajstić information content (AvgIpc) is 2.81. The Kier molecular flexibility index (Phi) is 4.29. The van der Waals surface area contributed by atoms with Crippen molar-refractivity contribution in [1.29, 1.82) is 0 Å². The Labute approximate surface area is 118 Å². The fraction of sp³-hybridized carbons (Fsp3) is 0.462. The van der Waals surface area contributed by atoms with Crippen LogP contribution in [-0.4, -0.2) is 56.0 Å². The second-order valence-electron chi connectivity index (χ2n) is 4.77. The van der Waals surface area contributed by atoms with Gasteiger partial charge in [0.1, 0.15) is 11.5 Å². The molecule has 7 heteroatoms. The van der Waals surface area contributed by atoms with Gasteiger partial charge in [0.2, 0.25) is 15.9 Å². The van der Waals surface area contributed by atoms with Crippen LogP contribution in [-0.2, 0) is 14.8 Å². The van der Waals surface area contributed by atoms with E-state index in [-0.39, 0.29) is 5.91 Å². The standard InChI is InChI=1S/C13H18N2O4S/c1-11-3-4-12(19-11)5-6-13(16)14-7-9-15(10-8-14)20(2,17)18/h3-6H,7-10H2,1-2H3/b6-5+. The molecule has 2 rings (SSSR count). The molecule has 6 nitrogen and oxygen atoms in total. The number of aryl methyl sites for hydroxylation is 1. The summed E-state index contributed by atoms with van der Waals surface area (Å²) >= 11 is 0. The number of sulfonamides is 1. The maximum Gasteiger partial charge on any atom is 0.246 e. The van der Waals surface area contributed by atoms with Gasteiger partial charge >= 0.3 is 0 Å². The van der Waals surface area contributed by atoms with Crippen LogP contribution in [0.5, 0.6) is 0 Å². The molecule has 1 aromatic rings. The smallest absolute Gasteiger partial charge is 0.246 e. The summed E-state index contributed by atoms with van der Waals surface area (Å²) in [4.78, 5) is 13.6. The number of piperazine rings is 1. The summed E-state index contributed by atoms with van der Waals surface area (Å²) in [7, 11) is -3.17. The summed E-state index contributed by atoms with van der Waals surface area (Å²) in [6.07, 6.45) is 4.26. The van der Waals surface area contributed by atoms with E-state index in [1.165, 1.54) is 16.6 Å². The Balaban J connectivity index is 1.90. The van der Waals surface area contributed by atoms with Crippen molar-refractivity contribution in [3.63, 3.8) is 0 Å². The predicted molar refractivity (Wildman–Crippen MR) is 75.5 cm³/mol. The molecule has 0 aromatic carbocycles. The van der Waals surface area contributed by atoms with Crippen molar-refractivity contribution in [1.82, 2.24) is 9.21 Å². The van der Waals surface area contributed by atoms with E-state index in [9.17, 15) is 13.2 Å². The lowest BCUT2D eigenvalue weighted by Crippen LogP contribution is -2.49. The second kappa shape index (κ2) is 5.80. The minimum atomic E-state index is -3.17. The Hall–Kier alpha value is -1.60. The molecule has 110 valence electrons. The molecule has 0 aliphatic carbocycles. The first kappa shape index (κ1) is 14.8. The van der Waals surface area contributed by atoms with Crippen molar-refractivity contribution in [3.8, 4) is 0 Å². The molecular weight excluding hydrogens is 280 g/mol. The highest BCUT2D eigenvalue weighted by Crippen LogP contribution is 2.10. The van der Waals surface area contributed by atoms with Crippen LogP contribution >= 0.6 is 0 Å². The highest BCUT2D eigenvalue weighted by Gasteiger charge is 2.24. The van der Waals surface area contributed by atoms with E-state index in [4.69, 9.17) is 4.42 Å². The van der Waals surface area contributed by atoms with Crippen molar-refractivity contribution < 1.29 is 17.6 Å². The summed E-state index contributed by atoms with van der Waals surface area (Å²) in [5.41, 5.74) is 0. The zero-order valence-electron chi connectivity index (χ0n) is 11.6. The van der Waals surface area contributed by atoms with Crippen LogP contribution in [0.1, 0.15) is 11.5 Å². The molecule has 0 unspecified atom stereocenters. The van der Waals surface area contributed by atoms with Crippen LogP contribution in [0.2, 0.25) is 0 Å². The lowest BCUT2D eigenvalue weighted by Gasteiger charge is -2.32. The number of rotatable bonds is 3. The minimum absolute atomic E-state index is 0.132. The third-order valence-electron chi connectivity index (χ3n) is 3.17. The van der Waals surface area contributed by atoms with Crippen LogP contribution in [0.4, 0.5) is 0 Å². The van der Waals surface area contributed by atoms with Gasteiger partial charge in [-0.1, -0.05) is 0 Å². The maximum atomic E-state index is 12.0. The van der Waals surface area contributed by atoms with Crippen LogP contribution in [0.15, 0.2) is 22.6 Å². The van der Waals surface area contributed by atoms with Crippen LogP contribution in [0.3, 0.4) is 0 Å². The van der Waals surface area contributed by atoms with Gasteiger partial charge in [0.15, 0.2) is 0 Å². The first-order valence-electron chi connectivity index (χ1n) is 6.35. The maximum absolute atomic E-state index is 12.0. The number of carbonyl (C=O) groups excluding carboxylic acids is 1. The third kappa shape index (κ3) is 3.71. The molecule has 2 heterocycles. The molecule has 0 N–H and O–H groups in total. The zero-order valence-corrected chi connectivity index (χ0v) is 12.4. The van der Waals surface area contributed by atoms with Crippen molar-refractivity contribution >= 4 is 22.0 Å². The molecule has 0 atom stereocenters. The molecular formula is C13H18N2O4S. The van der Waals surface area contributed by atoms with E-state index in [0.29, 0.717) is 31.9 Å². The topological polar surface area (TPSA) is 70.8 Å².